The summed E-state index contributed by atoms with van der Waals surface area (Å²) in [4.78, 5) is 17.8. The predicted octanol–water partition coefficient (Wildman–Crippen LogP) is 2.58. The first-order valence-corrected chi connectivity index (χ1v) is 8.02. The Hall–Kier alpha value is -2.99. The zero-order valence-corrected chi connectivity index (χ0v) is 14.0. The van der Waals surface area contributed by atoms with Crippen LogP contribution in [0, 0.1) is 0 Å². The molecule has 0 aliphatic heterocycles. The molecular weight excluding hydrogens is 316 g/mol. The number of hydrogen-bond donors (Lipinski definition) is 1. The minimum absolute atomic E-state index is 0.446. The topological polar surface area (TPSA) is 71.2 Å². The Bertz CT molecular complexity index is 818. The maximum Gasteiger partial charge on any atom is 0.325 e. The Kier molecular flexibility index (Phi) is 5.20. The molecule has 0 bridgehead atoms. The number of aromatic nitrogens is 3. The maximum absolute atomic E-state index is 11.8. The second-order valence-corrected chi connectivity index (χ2v) is 5.93. The normalized spacial score (nSPS) is 12.2. The molecule has 25 heavy (non-hydrogen) atoms. The van der Waals surface area contributed by atoms with Crippen molar-refractivity contribution in [3.8, 4) is 0 Å². The van der Waals surface area contributed by atoms with Crippen molar-refractivity contribution in [1.29, 1.82) is 0 Å². The molecule has 2 heterocycles. The highest BCUT2D eigenvalue weighted by Gasteiger charge is 2.26. The fourth-order valence-corrected chi connectivity index (χ4v) is 2.80. The molecule has 1 unspecified atom stereocenters. The van der Waals surface area contributed by atoms with Crippen LogP contribution >= 0.6 is 0 Å². The lowest BCUT2D eigenvalue weighted by Crippen LogP contribution is -2.30. The van der Waals surface area contributed by atoms with E-state index in [9.17, 15) is 9.90 Å². The van der Waals surface area contributed by atoms with Crippen molar-refractivity contribution in [3.05, 3.63) is 83.9 Å². The largest absolute Gasteiger partial charge is 0.480 e. The third kappa shape index (κ3) is 4.30. The van der Waals surface area contributed by atoms with Crippen LogP contribution in [0.4, 0.5) is 0 Å². The molecular formula is C19H20N4O2. The molecule has 3 rings (SSSR count). The Morgan fingerprint density at radius 1 is 1.20 bits per heavy atom. The summed E-state index contributed by atoms with van der Waals surface area (Å²) in [5.41, 5.74) is 2.60. The summed E-state index contributed by atoms with van der Waals surface area (Å²) in [5, 5.41) is 14.0. The molecule has 1 atom stereocenters. The predicted molar refractivity (Wildman–Crippen MR) is 93.9 cm³/mol. The zero-order chi connectivity index (χ0) is 17.6. The number of pyridine rings is 1. The van der Waals surface area contributed by atoms with Gasteiger partial charge in [0.05, 0.1) is 18.4 Å². The van der Waals surface area contributed by atoms with E-state index >= 15 is 0 Å². The van der Waals surface area contributed by atoms with E-state index in [2.05, 4.69) is 10.1 Å². The third-order valence-electron chi connectivity index (χ3n) is 3.97. The van der Waals surface area contributed by atoms with Gasteiger partial charge in [-0.2, -0.15) is 5.10 Å². The van der Waals surface area contributed by atoms with Crippen LogP contribution in [0.2, 0.25) is 0 Å². The van der Waals surface area contributed by atoms with Gasteiger partial charge in [-0.3, -0.25) is 19.4 Å². The van der Waals surface area contributed by atoms with Crippen LogP contribution in [0.3, 0.4) is 0 Å². The van der Waals surface area contributed by atoms with Gasteiger partial charge in [-0.05, 0) is 24.7 Å². The van der Waals surface area contributed by atoms with Crippen molar-refractivity contribution in [2.45, 2.75) is 19.1 Å². The van der Waals surface area contributed by atoms with Gasteiger partial charge in [0.2, 0.25) is 0 Å². The Balaban J connectivity index is 1.75. The van der Waals surface area contributed by atoms with Gasteiger partial charge in [0.15, 0.2) is 0 Å². The molecule has 6 nitrogen and oxygen atoms in total. The number of carbonyl (C=O) groups is 1. The van der Waals surface area contributed by atoms with Gasteiger partial charge in [-0.15, -0.1) is 0 Å². The number of hydrogen-bond acceptors (Lipinski definition) is 4. The lowest BCUT2D eigenvalue weighted by molar-refractivity contribution is -0.143. The van der Waals surface area contributed by atoms with Crippen molar-refractivity contribution in [2.24, 2.45) is 0 Å². The summed E-state index contributed by atoms with van der Waals surface area (Å²) in [7, 11) is 1.78. The molecule has 0 spiro atoms. The number of carboxylic acid groups (broad SMARTS) is 1. The molecule has 0 amide bonds. The number of carboxylic acids is 1. The number of aliphatic carboxylic acids is 1. The first kappa shape index (κ1) is 16.9. The van der Waals surface area contributed by atoms with Crippen LogP contribution in [0.1, 0.15) is 22.9 Å². The lowest BCUT2D eigenvalue weighted by atomic mass is 10.1. The van der Waals surface area contributed by atoms with E-state index in [1.54, 1.807) is 35.2 Å². The molecule has 6 heteroatoms. The van der Waals surface area contributed by atoms with Crippen molar-refractivity contribution in [1.82, 2.24) is 19.7 Å². The Labute approximate surface area is 146 Å². The zero-order valence-electron chi connectivity index (χ0n) is 14.0. The van der Waals surface area contributed by atoms with E-state index in [0.29, 0.717) is 18.7 Å². The molecule has 0 aliphatic rings. The molecule has 0 saturated carbocycles. The van der Waals surface area contributed by atoms with E-state index in [-0.39, 0.29) is 0 Å². The van der Waals surface area contributed by atoms with Crippen LogP contribution in [-0.2, 0) is 17.9 Å². The molecule has 1 aromatic carbocycles. The number of rotatable bonds is 7. The average molecular weight is 336 g/mol. The summed E-state index contributed by atoms with van der Waals surface area (Å²) in [6, 6.07) is 14.8. The van der Waals surface area contributed by atoms with Crippen LogP contribution in [0.25, 0.3) is 0 Å². The van der Waals surface area contributed by atoms with Gasteiger partial charge in [0.25, 0.3) is 0 Å². The smallest absolute Gasteiger partial charge is 0.325 e. The molecule has 0 saturated heterocycles. The van der Waals surface area contributed by atoms with Crippen molar-refractivity contribution in [3.63, 3.8) is 0 Å². The van der Waals surface area contributed by atoms with Crippen LogP contribution in [0.15, 0.2) is 67.1 Å². The van der Waals surface area contributed by atoms with Crippen molar-refractivity contribution < 1.29 is 9.90 Å². The summed E-state index contributed by atoms with van der Waals surface area (Å²) in [5.74, 6) is -0.905. The maximum atomic E-state index is 11.8. The second kappa shape index (κ2) is 7.72. The standard InChI is InChI=1S/C19H20N4O2/c1-22(14-17-9-5-6-10-20-17)18(19(24)25)16-11-21-23(13-16)12-15-7-3-2-4-8-15/h2-11,13,18H,12,14H2,1H3,(H,24,25). The summed E-state index contributed by atoms with van der Waals surface area (Å²) >= 11 is 0. The highest BCUT2D eigenvalue weighted by Crippen LogP contribution is 2.21. The number of nitrogens with zero attached hydrogens (tertiary/aromatic N) is 4. The van der Waals surface area contributed by atoms with E-state index < -0.39 is 12.0 Å². The SMILES string of the molecule is CN(Cc1ccccn1)C(C(=O)O)c1cnn(Cc2ccccc2)c1. The Morgan fingerprint density at radius 3 is 2.64 bits per heavy atom. The second-order valence-electron chi connectivity index (χ2n) is 5.93. The number of likely N-dealkylation sites (N-methyl/N-ethyl adjacent to an activating group) is 1. The van der Waals surface area contributed by atoms with Crippen LogP contribution < -0.4 is 0 Å². The lowest BCUT2D eigenvalue weighted by Gasteiger charge is -2.23. The molecule has 2 aromatic heterocycles. The summed E-state index contributed by atoms with van der Waals surface area (Å²) in [6.45, 7) is 1.05. The summed E-state index contributed by atoms with van der Waals surface area (Å²) in [6.07, 6.45) is 5.12. The fourth-order valence-electron chi connectivity index (χ4n) is 2.80. The molecule has 0 fully saturated rings. The van der Waals surface area contributed by atoms with E-state index in [4.69, 9.17) is 0 Å². The average Bonchev–Trinajstić information content (AvgIpc) is 3.04. The van der Waals surface area contributed by atoms with Gasteiger partial charge < -0.3 is 5.11 Å². The fraction of sp³-hybridized carbons (Fsp3) is 0.211. The highest BCUT2D eigenvalue weighted by molar-refractivity contribution is 5.75. The van der Waals surface area contributed by atoms with Crippen LogP contribution in [0.5, 0.6) is 0 Å². The highest BCUT2D eigenvalue weighted by atomic mass is 16.4. The number of benzene rings is 1. The summed E-state index contributed by atoms with van der Waals surface area (Å²) < 4.78 is 1.76. The minimum atomic E-state index is -0.905. The van der Waals surface area contributed by atoms with Gasteiger partial charge >= 0.3 is 5.97 Å². The molecule has 0 aliphatic carbocycles. The monoisotopic (exact) mass is 336 g/mol. The molecule has 0 radical (unpaired) electrons. The quantitative estimate of drug-likeness (QED) is 0.718. The van der Waals surface area contributed by atoms with Gasteiger partial charge in [-0.1, -0.05) is 36.4 Å². The van der Waals surface area contributed by atoms with Crippen molar-refractivity contribution in [2.75, 3.05) is 7.05 Å². The van der Waals surface area contributed by atoms with E-state index in [1.807, 2.05) is 48.5 Å². The molecule has 3 aromatic rings. The van der Waals surface area contributed by atoms with Gasteiger partial charge in [-0.25, -0.2) is 0 Å². The Morgan fingerprint density at radius 2 is 1.96 bits per heavy atom. The molecule has 128 valence electrons. The third-order valence-corrected chi connectivity index (χ3v) is 3.97. The van der Waals surface area contributed by atoms with Crippen LogP contribution in [-0.4, -0.2) is 37.8 Å². The van der Waals surface area contributed by atoms with E-state index in [0.717, 1.165) is 11.3 Å². The van der Waals surface area contributed by atoms with E-state index in [1.165, 1.54) is 0 Å². The van der Waals surface area contributed by atoms with Crippen molar-refractivity contribution >= 4 is 5.97 Å². The first-order chi connectivity index (χ1) is 12.1. The van der Waals surface area contributed by atoms with Gasteiger partial charge in [0, 0.05) is 24.5 Å². The molecule has 1 N–H and O–H groups in total. The first-order valence-electron chi connectivity index (χ1n) is 8.02. The van der Waals surface area contributed by atoms with Gasteiger partial charge in [0.1, 0.15) is 6.04 Å². The minimum Gasteiger partial charge on any atom is -0.480 e.